The van der Waals surface area contributed by atoms with Crippen LogP contribution in [0, 0.1) is 11.8 Å². The normalized spacial score (nSPS) is 13.5. The fourth-order valence-electron chi connectivity index (χ4n) is 3.48. The van der Waals surface area contributed by atoms with E-state index in [-0.39, 0.29) is 31.3 Å². The monoisotopic (exact) mass is 470 g/mol. The molecule has 7 nitrogen and oxygen atoms in total. The zero-order valence-corrected chi connectivity index (χ0v) is 20.1. The average molecular weight is 471 g/mol. The van der Waals surface area contributed by atoms with Crippen LogP contribution in [0.25, 0.3) is 0 Å². The van der Waals surface area contributed by atoms with Crippen LogP contribution in [-0.2, 0) is 46.5 Å². The van der Waals surface area contributed by atoms with Crippen molar-refractivity contribution in [1.82, 2.24) is 0 Å². The maximum absolute atomic E-state index is 12.6. The first-order valence-electron chi connectivity index (χ1n) is 11.1. The van der Waals surface area contributed by atoms with Gasteiger partial charge in [0.1, 0.15) is 6.79 Å². The summed E-state index contributed by atoms with van der Waals surface area (Å²) in [7, 11) is 2.59. The minimum absolute atomic E-state index is 0.0183. The summed E-state index contributed by atoms with van der Waals surface area (Å²) in [5, 5.41) is 0. The fourth-order valence-corrected chi connectivity index (χ4v) is 3.48. The van der Waals surface area contributed by atoms with Crippen molar-refractivity contribution in [1.29, 1.82) is 0 Å². The SMILES string of the molecule is C=C(C[C@H](C(=O)OC)[C@H](C)[C@@H](COCc1ccccc1)OCOCc1ccccc1)C(=O)OC. The Labute approximate surface area is 201 Å². The molecule has 3 atom stereocenters. The Morgan fingerprint density at radius 3 is 1.94 bits per heavy atom. The third-order valence-electron chi connectivity index (χ3n) is 5.54. The molecule has 0 saturated carbocycles. The van der Waals surface area contributed by atoms with Gasteiger partial charge in [-0.05, 0) is 23.5 Å². The number of hydrogen-bond acceptors (Lipinski definition) is 7. The van der Waals surface area contributed by atoms with Crippen molar-refractivity contribution in [2.75, 3.05) is 27.6 Å². The summed E-state index contributed by atoms with van der Waals surface area (Å²) < 4.78 is 27.3. The molecule has 2 aromatic rings. The Morgan fingerprint density at radius 2 is 1.41 bits per heavy atom. The fraction of sp³-hybridized carbons (Fsp3) is 0.407. The van der Waals surface area contributed by atoms with Gasteiger partial charge >= 0.3 is 11.9 Å². The topological polar surface area (TPSA) is 80.3 Å². The van der Waals surface area contributed by atoms with E-state index in [1.54, 1.807) is 0 Å². The molecule has 0 aliphatic rings. The van der Waals surface area contributed by atoms with E-state index in [4.69, 9.17) is 23.7 Å². The molecule has 0 aromatic heterocycles. The van der Waals surface area contributed by atoms with Crippen LogP contribution in [0.3, 0.4) is 0 Å². The molecule has 34 heavy (non-hydrogen) atoms. The summed E-state index contributed by atoms with van der Waals surface area (Å²) in [6.07, 6.45) is -0.404. The summed E-state index contributed by atoms with van der Waals surface area (Å²) in [6, 6.07) is 19.5. The van der Waals surface area contributed by atoms with Gasteiger partial charge in [-0.1, -0.05) is 74.2 Å². The number of methoxy groups -OCH3 is 2. The van der Waals surface area contributed by atoms with Gasteiger partial charge in [-0.3, -0.25) is 4.79 Å². The number of hydrogen-bond donors (Lipinski definition) is 0. The van der Waals surface area contributed by atoms with Gasteiger partial charge in [0, 0.05) is 5.57 Å². The number of esters is 2. The van der Waals surface area contributed by atoms with Gasteiger partial charge in [0.25, 0.3) is 0 Å². The standard InChI is InChI=1S/C27H34O7/c1-20(26(28)30-3)15-24(27(29)31-4)21(2)25(18-32-16-22-11-7-5-8-12-22)34-19-33-17-23-13-9-6-10-14-23/h5-14,21,24-25H,1,15-19H2,2-4H3/t21-,24-,25+/m0/s1. The summed E-state index contributed by atoms with van der Waals surface area (Å²) in [6.45, 7) is 6.65. The molecule has 0 bridgehead atoms. The second-order valence-electron chi connectivity index (χ2n) is 7.95. The molecular formula is C27H34O7. The summed E-state index contributed by atoms with van der Waals surface area (Å²) in [5.41, 5.74) is 2.24. The van der Waals surface area contributed by atoms with Crippen LogP contribution in [0.4, 0.5) is 0 Å². The summed E-state index contributed by atoms with van der Waals surface area (Å²) in [4.78, 5) is 24.4. The molecule has 0 radical (unpaired) electrons. The third kappa shape index (κ3) is 9.09. The lowest BCUT2D eigenvalue weighted by atomic mass is 9.84. The minimum atomic E-state index is -0.670. The number of benzene rings is 2. The lowest BCUT2D eigenvalue weighted by Gasteiger charge is -2.29. The van der Waals surface area contributed by atoms with E-state index in [2.05, 4.69) is 6.58 Å². The Balaban J connectivity index is 2.05. The van der Waals surface area contributed by atoms with Gasteiger partial charge in [0.15, 0.2) is 0 Å². The van der Waals surface area contributed by atoms with Crippen LogP contribution in [0.5, 0.6) is 0 Å². The highest BCUT2D eigenvalue weighted by Crippen LogP contribution is 2.27. The largest absolute Gasteiger partial charge is 0.469 e. The Hall–Kier alpha value is -3.00. The second-order valence-corrected chi connectivity index (χ2v) is 7.95. The van der Waals surface area contributed by atoms with Crippen molar-refractivity contribution in [2.24, 2.45) is 11.8 Å². The molecule has 2 aromatic carbocycles. The maximum Gasteiger partial charge on any atom is 0.333 e. The molecule has 0 amide bonds. The Morgan fingerprint density at radius 1 is 0.853 bits per heavy atom. The van der Waals surface area contributed by atoms with Crippen molar-refractivity contribution in [3.63, 3.8) is 0 Å². The van der Waals surface area contributed by atoms with Crippen LogP contribution >= 0.6 is 0 Å². The van der Waals surface area contributed by atoms with Crippen molar-refractivity contribution in [2.45, 2.75) is 32.7 Å². The van der Waals surface area contributed by atoms with Crippen LogP contribution in [0.2, 0.25) is 0 Å². The predicted octanol–water partition coefficient (Wildman–Crippen LogP) is 4.31. The molecular weight excluding hydrogens is 436 g/mol. The Bertz CT molecular complexity index is 882. The maximum atomic E-state index is 12.6. The molecule has 0 spiro atoms. The van der Waals surface area contributed by atoms with Crippen LogP contribution < -0.4 is 0 Å². The Kier molecular flexibility index (Phi) is 12.0. The zero-order chi connectivity index (χ0) is 24.8. The zero-order valence-electron chi connectivity index (χ0n) is 20.1. The van der Waals surface area contributed by atoms with Crippen LogP contribution in [0.15, 0.2) is 72.8 Å². The van der Waals surface area contributed by atoms with Gasteiger partial charge < -0.3 is 23.7 Å². The molecule has 0 aliphatic carbocycles. The first-order chi connectivity index (χ1) is 16.5. The quantitative estimate of drug-likeness (QED) is 0.166. The van der Waals surface area contributed by atoms with E-state index in [1.807, 2.05) is 67.6 Å². The van der Waals surface area contributed by atoms with Gasteiger partial charge in [-0.25, -0.2) is 4.79 Å². The predicted molar refractivity (Wildman–Crippen MR) is 128 cm³/mol. The minimum Gasteiger partial charge on any atom is -0.469 e. The van der Waals surface area contributed by atoms with Crippen molar-refractivity contribution in [3.8, 4) is 0 Å². The molecule has 0 N–H and O–H groups in total. The number of ether oxygens (including phenoxy) is 5. The van der Waals surface area contributed by atoms with E-state index in [9.17, 15) is 9.59 Å². The van der Waals surface area contributed by atoms with Crippen LogP contribution in [-0.4, -0.2) is 45.7 Å². The molecule has 0 fully saturated rings. The highest BCUT2D eigenvalue weighted by molar-refractivity contribution is 5.88. The van der Waals surface area contributed by atoms with E-state index >= 15 is 0 Å². The molecule has 0 heterocycles. The van der Waals surface area contributed by atoms with E-state index in [0.29, 0.717) is 13.2 Å². The summed E-state index contributed by atoms with van der Waals surface area (Å²) in [5.74, 6) is -2.05. The highest BCUT2D eigenvalue weighted by Gasteiger charge is 2.34. The molecule has 0 saturated heterocycles. The lowest BCUT2D eigenvalue weighted by Crippen LogP contribution is -2.37. The highest BCUT2D eigenvalue weighted by atomic mass is 16.7. The van der Waals surface area contributed by atoms with Crippen molar-refractivity contribution >= 4 is 11.9 Å². The van der Waals surface area contributed by atoms with Crippen molar-refractivity contribution in [3.05, 3.63) is 83.9 Å². The van der Waals surface area contributed by atoms with Crippen LogP contribution in [0.1, 0.15) is 24.5 Å². The van der Waals surface area contributed by atoms with Gasteiger partial charge in [0.05, 0.1) is 46.1 Å². The number of rotatable bonds is 15. The van der Waals surface area contributed by atoms with E-state index < -0.39 is 24.0 Å². The van der Waals surface area contributed by atoms with Gasteiger partial charge in [-0.2, -0.15) is 0 Å². The number of carbonyl (C=O) groups is 2. The van der Waals surface area contributed by atoms with Crippen molar-refractivity contribution < 1.29 is 33.3 Å². The lowest BCUT2D eigenvalue weighted by molar-refractivity contribution is -0.160. The molecule has 0 aliphatic heterocycles. The first-order valence-corrected chi connectivity index (χ1v) is 11.1. The smallest absolute Gasteiger partial charge is 0.333 e. The first kappa shape index (κ1) is 27.2. The molecule has 184 valence electrons. The van der Waals surface area contributed by atoms with E-state index in [1.165, 1.54) is 14.2 Å². The second kappa shape index (κ2) is 15.0. The van der Waals surface area contributed by atoms with Gasteiger partial charge in [-0.15, -0.1) is 0 Å². The molecule has 0 unspecified atom stereocenters. The van der Waals surface area contributed by atoms with E-state index in [0.717, 1.165) is 11.1 Å². The van der Waals surface area contributed by atoms with Gasteiger partial charge in [0.2, 0.25) is 0 Å². The summed E-state index contributed by atoms with van der Waals surface area (Å²) >= 11 is 0. The molecule has 2 rings (SSSR count). The number of carbonyl (C=O) groups excluding carboxylic acids is 2. The molecule has 7 heteroatoms. The third-order valence-corrected chi connectivity index (χ3v) is 5.54. The average Bonchev–Trinajstić information content (AvgIpc) is 2.88.